The second-order valence-corrected chi connectivity index (χ2v) is 5.00. The molecule has 0 bridgehead atoms. The number of carbonyl (C=O) groups excluding carboxylic acids is 1. The van der Waals surface area contributed by atoms with E-state index in [9.17, 15) is 4.79 Å². The maximum atomic E-state index is 11.8. The Hall–Kier alpha value is -0.360. The Morgan fingerprint density at radius 2 is 2.25 bits per heavy atom. The van der Waals surface area contributed by atoms with Gasteiger partial charge in [0.15, 0.2) is 0 Å². The van der Waals surface area contributed by atoms with Gasteiger partial charge in [-0.25, -0.2) is 0 Å². The van der Waals surface area contributed by atoms with E-state index in [0.29, 0.717) is 25.7 Å². The molecular weight excluding hydrogens is 280 g/mol. The zero-order chi connectivity index (χ0) is 13.9. The number of nitrogens with one attached hydrogen (secondary N) is 2. The van der Waals surface area contributed by atoms with Gasteiger partial charge in [-0.2, -0.15) is 0 Å². The van der Waals surface area contributed by atoms with Crippen LogP contribution >= 0.6 is 12.4 Å². The van der Waals surface area contributed by atoms with Crippen molar-refractivity contribution in [1.82, 2.24) is 10.6 Å². The summed E-state index contributed by atoms with van der Waals surface area (Å²) >= 11 is 0. The van der Waals surface area contributed by atoms with Crippen LogP contribution in [0.4, 0.5) is 0 Å². The van der Waals surface area contributed by atoms with Crippen LogP contribution in [0.15, 0.2) is 0 Å². The van der Waals surface area contributed by atoms with E-state index in [0.717, 1.165) is 26.1 Å². The molecule has 0 aromatic carbocycles. The van der Waals surface area contributed by atoms with Gasteiger partial charge in [-0.05, 0) is 52.1 Å². The Bertz CT molecular complexity index is 249. The van der Waals surface area contributed by atoms with Crippen LogP contribution in [0.3, 0.4) is 0 Å². The molecule has 1 fully saturated rings. The molecule has 1 rings (SSSR count). The average Bonchev–Trinajstić information content (AvgIpc) is 2.44. The summed E-state index contributed by atoms with van der Waals surface area (Å²) in [6, 6.07) is 0. The molecule has 1 heterocycles. The lowest BCUT2D eigenvalue weighted by Gasteiger charge is -2.23. The summed E-state index contributed by atoms with van der Waals surface area (Å²) in [5, 5.41) is 6.32. The summed E-state index contributed by atoms with van der Waals surface area (Å²) in [4.78, 5) is 11.8. The molecule has 120 valence electrons. The molecule has 2 atom stereocenters. The number of hydrogen-bond donors (Lipinski definition) is 2. The highest BCUT2D eigenvalue weighted by molar-refractivity contribution is 5.85. The predicted octanol–water partition coefficient (Wildman–Crippen LogP) is 1.36. The van der Waals surface area contributed by atoms with Crippen molar-refractivity contribution in [1.29, 1.82) is 0 Å². The highest BCUT2D eigenvalue weighted by atomic mass is 35.5. The van der Waals surface area contributed by atoms with Crippen molar-refractivity contribution in [2.24, 2.45) is 5.92 Å². The van der Waals surface area contributed by atoms with Gasteiger partial charge in [0, 0.05) is 13.2 Å². The Morgan fingerprint density at radius 3 is 2.90 bits per heavy atom. The first-order chi connectivity index (χ1) is 9.24. The number of ether oxygens (including phenoxy) is 2. The van der Waals surface area contributed by atoms with Crippen LogP contribution in [0.5, 0.6) is 0 Å². The molecule has 0 radical (unpaired) electrons. The first-order valence-corrected chi connectivity index (χ1v) is 7.41. The quantitative estimate of drug-likeness (QED) is 0.631. The van der Waals surface area contributed by atoms with E-state index < -0.39 is 6.10 Å². The highest BCUT2D eigenvalue weighted by Crippen LogP contribution is 2.12. The molecule has 0 aliphatic carbocycles. The van der Waals surface area contributed by atoms with Crippen LogP contribution in [-0.4, -0.2) is 51.5 Å². The van der Waals surface area contributed by atoms with Gasteiger partial charge in [0.2, 0.25) is 5.91 Å². The molecule has 1 saturated heterocycles. The summed E-state index contributed by atoms with van der Waals surface area (Å²) in [7, 11) is 0. The molecule has 0 aromatic heterocycles. The highest BCUT2D eigenvalue weighted by Gasteiger charge is 2.15. The zero-order valence-electron chi connectivity index (χ0n) is 12.7. The van der Waals surface area contributed by atoms with Crippen LogP contribution in [0, 0.1) is 5.92 Å². The lowest BCUT2D eigenvalue weighted by atomic mass is 9.96. The Kier molecular flexibility index (Phi) is 12.2. The van der Waals surface area contributed by atoms with Crippen molar-refractivity contribution >= 4 is 18.3 Å². The van der Waals surface area contributed by atoms with Crippen molar-refractivity contribution in [3.63, 3.8) is 0 Å². The Morgan fingerprint density at radius 1 is 1.45 bits per heavy atom. The fourth-order valence-electron chi connectivity index (χ4n) is 2.22. The molecule has 20 heavy (non-hydrogen) atoms. The Balaban J connectivity index is 0.00000361. The van der Waals surface area contributed by atoms with Gasteiger partial charge >= 0.3 is 0 Å². The van der Waals surface area contributed by atoms with Gasteiger partial charge in [0.1, 0.15) is 6.10 Å². The summed E-state index contributed by atoms with van der Waals surface area (Å²) in [6.07, 6.45) is 3.16. The minimum Gasteiger partial charge on any atom is -0.379 e. The molecule has 5 nitrogen and oxygen atoms in total. The minimum absolute atomic E-state index is 0. The van der Waals surface area contributed by atoms with E-state index in [4.69, 9.17) is 9.47 Å². The van der Waals surface area contributed by atoms with Crippen molar-refractivity contribution in [3.8, 4) is 0 Å². The molecule has 1 amide bonds. The van der Waals surface area contributed by atoms with Gasteiger partial charge in [-0.1, -0.05) is 0 Å². The fraction of sp³-hybridized carbons (Fsp3) is 0.929. The second-order valence-electron chi connectivity index (χ2n) is 5.00. The van der Waals surface area contributed by atoms with Gasteiger partial charge in [0.05, 0.1) is 13.2 Å². The zero-order valence-corrected chi connectivity index (χ0v) is 13.5. The minimum atomic E-state index is -0.398. The number of piperidine rings is 1. The molecule has 1 aliphatic heterocycles. The third-order valence-electron chi connectivity index (χ3n) is 3.42. The number of amides is 1. The van der Waals surface area contributed by atoms with E-state index in [2.05, 4.69) is 10.6 Å². The third-order valence-corrected chi connectivity index (χ3v) is 3.42. The molecule has 1 aliphatic rings. The SMILES string of the molecule is CCOCCOC(C)C(=O)NCCC1CCCNC1.Cl. The molecular formula is C14H29ClN2O3. The predicted molar refractivity (Wildman–Crippen MR) is 82.4 cm³/mol. The molecule has 0 aromatic rings. The normalized spacial score (nSPS) is 20.0. The monoisotopic (exact) mass is 308 g/mol. The molecule has 2 unspecified atom stereocenters. The van der Waals surface area contributed by atoms with Crippen LogP contribution in [0.1, 0.15) is 33.1 Å². The maximum absolute atomic E-state index is 11.8. The number of halogens is 1. The molecule has 2 N–H and O–H groups in total. The smallest absolute Gasteiger partial charge is 0.248 e. The Labute approximate surface area is 128 Å². The number of hydrogen-bond acceptors (Lipinski definition) is 4. The number of rotatable bonds is 9. The largest absolute Gasteiger partial charge is 0.379 e. The van der Waals surface area contributed by atoms with Crippen LogP contribution in [0.25, 0.3) is 0 Å². The van der Waals surface area contributed by atoms with Crippen LogP contribution in [0.2, 0.25) is 0 Å². The molecule has 0 spiro atoms. The number of carbonyl (C=O) groups is 1. The molecule has 6 heteroatoms. The second kappa shape index (κ2) is 12.4. The lowest BCUT2D eigenvalue weighted by Crippen LogP contribution is -2.37. The summed E-state index contributed by atoms with van der Waals surface area (Å²) in [5.41, 5.74) is 0. The fourth-order valence-corrected chi connectivity index (χ4v) is 2.22. The summed E-state index contributed by atoms with van der Waals surface area (Å²) < 4.78 is 10.6. The average molecular weight is 309 g/mol. The van der Waals surface area contributed by atoms with E-state index in [1.165, 1.54) is 12.8 Å². The van der Waals surface area contributed by atoms with E-state index in [1.54, 1.807) is 6.92 Å². The maximum Gasteiger partial charge on any atom is 0.248 e. The van der Waals surface area contributed by atoms with Crippen LogP contribution in [-0.2, 0) is 14.3 Å². The third kappa shape index (κ3) is 8.74. The first-order valence-electron chi connectivity index (χ1n) is 7.41. The van der Waals surface area contributed by atoms with Crippen molar-refractivity contribution < 1.29 is 14.3 Å². The first kappa shape index (κ1) is 19.6. The van der Waals surface area contributed by atoms with Crippen LogP contribution < -0.4 is 10.6 Å². The topological polar surface area (TPSA) is 59.6 Å². The van der Waals surface area contributed by atoms with E-state index >= 15 is 0 Å². The standard InChI is InChI=1S/C14H28N2O3.ClH/c1-3-18-9-10-19-12(2)14(17)16-8-6-13-5-4-7-15-11-13;/h12-13,15H,3-11H2,1-2H3,(H,16,17);1H. The van der Waals surface area contributed by atoms with E-state index in [1.807, 2.05) is 6.92 Å². The molecule has 0 saturated carbocycles. The van der Waals surface area contributed by atoms with Crippen molar-refractivity contribution in [2.75, 3.05) is 39.5 Å². The van der Waals surface area contributed by atoms with Crippen molar-refractivity contribution in [3.05, 3.63) is 0 Å². The van der Waals surface area contributed by atoms with Gasteiger partial charge in [-0.15, -0.1) is 12.4 Å². The van der Waals surface area contributed by atoms with Gasteiger partial charge in [-0.3, -0.25) is 4.79 Å². The summed E-state index contributed by atoms with van der Waals surface area (Å²) in [6.45, 7) is 8.37. The van der Waals surface area contributed by atoms with Gasteiger partial charge in [0.25, 0.3) is 0 Å². The van der Waals surface area contributed by atoms with Crippen molar-refractivity contribution in [2.45, 2.75) is 39.2 Å². The van der Waals surface area contributed by atoms with Gasteiger partial charge < -0.3 is 20.1 Å². The lowest BCUT2D eigenvalue weighted by molar-refractivity contribution is -0.132. The van der Waals surface area contributed by atoms with E-state index in [-0.39, 0.29) is 18.3 Å². The summed E-state index contributed by atoms with van der Waals surface area (Å²) in [5.74, 6) is 0.670.